The highest BCUT2D eigenvalue weighted by Crippen LogP contribution is 2.35. The summed E-state index contributed by atoms with van der Waals surface area (Å²) in [5, 5.41) is 3.13. The molecule has 1 aliphatic rings. The lowest BCUT2D eigenvalue weighted by molar-refractivity contribution is 0.283. The van der Waals surface area contributed by atoms with E-state index in [9.17, 15) is 8.78 Å². The maximum atomic E-state index is 13.5. The maximum Gasteiger partial charge on any atom is 0.127 e. The highest BCUT2D eigenvalue weighted by atomic mass is 19.1. The Labute approximate surface area is 122 Å². The Balaban J connectivity index is 2.08. The molecule has 1 atom stereocenters. The molecule has 0 bridgehead atoms. The summed E-state index contributed by atoms with van der Waals surface area (Å²) in [4.78, 5) is 0. The Kier molecular flexibility index (Phi) is 3.88. The molecule has 3 rings (SSSR count). The maximum absolute atomic E-state index is 13.5. The molecule has 21 heavy (non-hydrogen) atoms. The quantitative estimate of drug-likeness (QED) is 0.932. The zero-order valence-corrected chi connectivity index (χ0v) is 11.8. The third-order valence-electron chi connectivity index (χ3n) is 3.78. The van der Waals surface area contributed by atoms with Crippen molar-refractivity contribution in [1.29, 1.82) is 0 Å². The fourth-order valence-corrected chi connectivity index (χ4v) is 2.89. The molecule has 0 amide bonds. The van der Waals surface area contributed by atoms with Crippen molar-refractivity contribution >= 4 is 0 Å². The Hall–Kier alpha value is -1.94. The number of ether oxygens (including phenoxy) is 1. The predicted molar refractivity (Wildman–Crippen MR) is 77.5 cm³/mol. The number of rotatable bonds is 3. The van der Waals surface area contributed by atoms with Gasteiger partial charge in [-0.1, -0.05) is 18.2 Å². The van der Waals surface area contributed by atoms with Crippen LogP contribution in [0.15, 0.2) is 36.4 Å². The number of para-hydroxylation sites is 1. The molecule has 0 radical (unpaired) electrons. The number of aryl methyl sites for hydroxylation is 1. The van der Waals surface area contributed by atoms with Gasteiger partial charge in [-0.05, 0) is 43.1 Å². The molecule has 110 valence electrons. The van der Waals surface area contributed by atoms with E-state index in [0.717, 1.165) is 35.8 Å². The van der Waals surface area contributed by atoms with E-state index in [4.69, 9.17) is 4.74 Å². The first-order valence-electron chi connectivity index (χ1n) is 7.07. The number of nitrogens with one attached hydrogen (secondary N) is 1. The fourth-order valence-electron chi connectivity index (χ4n) is 2.89. The summed E-state index contributed by atoms with van der Waals surface area (Å²) in [7, 11) is 1.77. The lowest BCUT2D eigenvalue weighted by Crippen LogP contribution is -2.21. The molecule has 1 N–H and O–H groups in total. The topological polar surface area (TPSA) is 21.3 Å². The van der Waals surface area contributed by atoms with Gasteiger partial charge in [0.1, 0.15) is 17.4 Å². The van der Waals surface area contributed by atoms with Crippen molar-refractivity contribution in [2.45, 2.75) is 18.9 Å². The monoisotopic (exact) mass is 289 g/mol. The van der Waals surface area contributed by atoms with Crippen molar-refractivity contribution in [3.63, 3.8) is 0 Å². The molecule has 0 saturated heterocycles. The van der Waals surface area contributed by atoms with Gasteiger partial charge >= 0.3 is 0 Å². The normalized spacial score (nSPS) is 15.2. The average Bonchev–Trinajstić information content (AvgIpc) is 2.47. The van der Waals surface area contributed by atoms with Crippen LogP contribution in [-0.2, 0) is 6.42 Å². The van der Waals surface area contributed by atoms with Crippen LogP contribution >= 0.6 is 0 Å². The van der Waals surface area contributed by atoms with E-state index >= 15 is 0 Å². The van der Waals surface area contributed by atoms with E-state index < -0.39 is 11.6 Å². The van der Waals surface area contributed by atoms with Gasteiger partial charge in [0.2, 0.25) is 0 Å². The second-order valence-electron chi connectivity index (χ2n) is 5.21. The molecule has 0 fully saturated rings. The van der Waals surface area contributed by atoms with E-state index in [1.807, 2.05) is 18.2 Å². The van der Waals surface area contributed by atoms with Gasteiger partial charge in [-0.2, -0.15) is 0 Å². The van der Waals surface area contributed by atoms with Gasteiger partial charge in [0.15, 0.2) is 0 Å². The zero-order chi connectivity index (χ0) is 14.8. The van der Waals surface area contributed by atoms with Gasteiger partial charge in [0.25, 0.3) is 0 Å². The largest absolute Gasteiger partial charge is 0.493 e. The van der Waals surface area contributed by atoms with Crippen LogP contribution in [0.1, 0.15) is 29.2 Å². The summed E-state index contributed by atoms with van der Waals surface area (Å²) in [5.41, 5.74) is 2.62. The fraction of sp³-hybridized carbons (Fsp3) is 0.294. The van der Waals surface area contributed by atoms with Crippen molar-refractivity contribution in [1.82, 2.24) is 5.32 Å². The molecule has 2 aromatic rings. The second kappa shape index (κ2) is 5.82. The van der Waals surface area contributed by atoms with Gasteiger partial charge in [-0.25, -0.2) is 8.78 Å². The van der Waals surface area contributed by atoms with Gasteiger partial charge in [0, 0.05) is 11.6 Å². The second-order valence-corrected chi connectivity index (χ2v) is 5.21. The van der Waals surface area contributed by atoms with Crippen molar-refractivity contribution in [3.8, 4) is 5.75 Å². The third kappa shape index (κ3) is 2.76. The average molecular weight is 289 g/mol. The van der Waals surface area contributed by atoms with Crippen LogP contribution in [0, 0.1) is 11.6 Å². The van der Waals surface area contributed by atoms with E-state index in [2.05, 4.69) is 5.32 Å². The van der Waals surface area contributed by atoms with Gasteiger partial charge in [0.05, 0.1) is 12.6 Å². The SMILES string of the molecule is CNC(c1cc(F)cc(F)c1)c1cccc2c1OCCC2. The number of fused-ring (bicyclic) bond motifs is 1. The summed E-state index contributed by atoms with van der Waals surface area (Å²) in [6.45, 7) is 0.679. The van der Waals surface area contributed by atoms with E-state index in [1.165, 1.54) is 12.1 Å². The molecule has 1 aliphatic heterocycles. The summed E-state index contributed by atoms with van der Waals surface area (Å²) < 4.78 is 32.8. The summed E-state index contributed by atoms with van der Waals surface area (Å²) in [6, 6.07) is 9.23. The first-order valence-corrected chi connectivity index (χ1v) is 7.07. The van der Waals surface area contributed by atoms with Crippen molar-refractivity contribution < 1.29 is 13.5 Å². The number of halogens is 2. The first kappa shape index (κ1) is 14.0. The Morgan fingerprint density at radius 1 is 1.14 bits per heavy atom. The third-order valence-corrected chi connectivity index (χ3v) is 3.78. The van der Waals surface area contributed by atoms with Crippen molar-refractivity contribution in [2.75, 3.05) is 13.7 Å². The van der Waals surface area contributed by atoms with Crippen LogP contribution < -0.4 is 10.1 Å². The minimum absolute atomic E-state index is 0.303. The van der Waals surface area contributed by atoms with Gasteiger partial charge < -0.3 is 10.1 Å². The lowest BCUT2D eigenvalue weighted by Gasteiger charge is -2.25. The molecule has 0 aromatic heterocycles. The number of benzene rings is 2. The first-order chi connectivity index (χ1) is 10.2. The van der Waals surface area contributed by atoms with Crippen LogP contribution in [0.25, 0.3) is 0 Å². The molecular formula is C17H17F2NO. The zero-order valence-electron chi connectivity index (χ0n) is 11.8. The van der Waals surface area contributed by atoms with Crippen molar-refractivity contribution in [2.24, 2.45) is 0 Å². The minimum atomic E-state index is -0.573. The van der Waals surface area contributed by atoms with Crippen LogP contribution in [0.2, 0.25) is 0 Å². The van der Waals surface area contributed by atoms with Crippen LogP contribution in [0.4, 0.5) is 8.78 Å². The molecule has 1 unspecified atom stereocenters. The summed E-state index contributed by atoms with van der Waals surface area (Å²) >= 11 is 0. The Morgan fingerprint density at radius 3 is 2.62 bits per heavy atom. The van der Waals surface area contributed by atoms with Crippen molar-refractivity contribution in [3.05, 3.63) is 64.7 Å². The van der Waals surface area contributed by atoms with E-state index in [0.29, 0.717) is 12.2 Å². The lowest BCUT2D eigenvalue weighted by atomic mass is 9.93. The predicted octanol–water partition coefficient (Wildman–Crippen LogP) is 3.60. The molecular weight excluding hydrogens is 272 g/mol. The smallest absolute Gasteiger partial charge is 0.127 e. The summed E-state index contributed by atoms with van der Waals surface area (Å²) in [5.74, 6) is -0.306. The molecule has 0 saturated carbocycles. The van der Waals surface area contributed by atoms with E-state index in [1.54, 1.807) is 7.05 Å². The molecule has 2 aromatic carbocycles. The van der Waals surface area contributed by atoms with E-state index in [-0.39, 0.29) is 6.04 Å². The molecule has 1 heterocycles. The number of hydrogen-bond acceptors (Lipinski definition) is 2. The Bertz CT molecular complexity index is 637. The Morgan fingerprint density at radius 2 is 1.90 bits per heavy atom. The highest BCUT2D eigenvalue weighted by molar-refractivity contribution is 5.47. The molecule has 0 aliphatic carbocycles. The van der Waals surface area contributed by atoms with Crippen LogP contribution in [0.3, 0.4) is 0 Å². The number of hydrogen-bond donors (Lipinski definition) is 1. The summed E-state index contributed by atoms with van der Waals surface area (Å²) in [6.07, 6.45) is 1.96. The standard InChI is InChI=1S/C17H17F2NO/c1-20-16(12-8-13(18)10-14(19)9-12)15-6-2-4-11-5-3-7-21-17(11)15/h2,4,6,8-10,16,20H,3,5,7H2,1H3. The van der Waals surface area contributed by atoms with Gasteiger partial charge in [-0.15, -0.1) is 0 Å². The molecule has 2 nitrogen and oxygen atoms in total. The molecule has 0 spiro atoms. The van der Waals surface area contributed by atoms with Gasteiger partial charge in [-0.3, -0.25) is 0 Å². The minimum Gasteiger partial charge on any atom is -0.493 e. The van der Waals surface area contributed by atoms with Crippen LogP contribution in [0.5, 0.6) is 5.75 Å². The molecule has 4 heteroatoms. The highest BCUT2D eigenvalue weighted by Gasteiger charge is 2.22. The van der Waals surface area contributed by atoms with Crippen LogP contribution in [-0.4, -0.2) is 13.7 Å².